The molecule has 17 heavy (non-hydrogen) atoms. The first-order chi connectivity index (χ1) is 7.74. The van der Waals surface area contributed by atoms with Gasteiger partial charge in [0.15, 0.2) is 11.6 Å². The highest BCUT2D eigenvalue weighted by atomic mass is 19.2. The first kappa shape index (κ1) is 13.6. The molecule has 0 saturated heterocycles. The molecule has 0 aliphatic carbocycles. The maximum absolute atomic E-state index is 13.0. The van der Waals surface area contributed by atoms with Gasteiger partial charge in [0.05, 0.1) is 5.54 Å². The van der Waals surface area contributed by atoms with Crippen LogP contribution >= 0.6 is 0 Å². The Bertz CT molecular complexity index is 433. The van der Waals surface area contributed by atoms with Crippen molar-refractivity contribution in [1.29, 1.82) is 0 Å². The Hall–Kier alpha value is -1.49. The van der Waals surface area contributed by atoms with Gasteiger partial charge >= 0.3 is 0 Å². The number of amides is 1. The highest BCUT2D eigenvalue weighted by molar-refractivity contribution is 5.83. The van der Waals surface area contributed by atoms with E-state index in [4.69, 9.17) is 5.73 Å². The van der Waals surface area contributed by atoms with Crippen LogP contribution in [0.15, 0.2) is 18.2 Å². The Balaban J connectivity index is 2.87. The van der Waals surface area contributed by atoms with E-state index in [9.17, 15) is 13.6 Å². The van der Waals surface area contributed by atoms with Gasteiger partial charge in [0.1, 0.15) is 0 Å². The number of nitrogens with two attached hydrogens (primary N) is 1. The molecule has 3 nitrogen and oxygen atoms in total. The van der Waals surface area contributed by atoms with E-state index in [1.54, 1.807) is 20.8 Å². The zero-order valence-electron chi connectivity index (χ0n) is 10.1. The lowest BCUT2D eigenvalue weighted by molar-refractivity contribution is -0.123. The van der Waals surface area contributed by atoms with E-state index in [2.05, 4.69) is 5.32 Å². The highest BCUT2D eigenvalue weighted by Gasteiger charge is 2.26. The van der Waals surface area contributed by atoms with E-state index in [1.807, 2.05) is 0 Å². The van der Waals surface area contributed by atoms with Crippen molar-refractivity contribution in [3.63, 3.8) is 0 Å². The summed E-state index contributed by atoms with van der Waals surface area (Å²) in [5.41, 5.74) is 4.86. The van der Waals surface area contributed by atoms with E-state index in [0.717, 1.165) is 12.1 Å². The van der Waals surface area contributed by atoms with Gasteiger partial charge in [-0.25, -0.2) is 8.78 Å². The zero-order chi connectivity index (χ0) is 13.2. The summed E-state index contributed by atoms with van der Waals surface area (Å²) in [6.07, 6.45) is 0. The SMILES string of the molecule is CC(NC(C)(C)C(N)=O)c1ccc(F)c(F)c1. The third-order valence-electron chi connectivity index (χ3n) is 2.64. The standard InChI is InChI=1S/C12H16F2N2O/c1-7(16-12(2,3)11(15)17)8-4-5-9(13)10(14)6-8/h4-7,16H,1-3H3,(H2,15,17). The molecular weight excluding hydrogens is 226 g/mol. The van der Waals surface area contributed by atoms with Crippen molar-refractivity contribution >= 4 is 5.91 Å². The molecule has 0 aromatic heterocycles. The summed E-state index contributed by atoms with van der Waals surface area (Å²) < 4.78 is 25.8. The number of hydrogen-bond donors (Lipinski definition) is 2. The topological polar surface area (TPSA) is 55.1 Å². The van der Waals surface area contributed by atoms with Crippen LogP contribution in [0.1, 0.15) is 32.4 Å². The summed E-state index contributed by atoms with van der Waals surface area (Å²) in [5.74, 6) is -2.31. The van der Waals surface area contributed by atoms with Gasteiger partial charge in [0, 0.05) is 6.04 Å². The molecular formula is C12H16F2N2O. The van der Waals surface area contributed by atoms with Gasteiger partial charge in [0.2, 0.25) is 5.91 Å². The minimum atomic E-state index is -0.912. The van der Waals surface area contributed by atoms with Crippen LogP contribution in [-0.2, 0) is 4.79 Å². The second-order valence-electron chi connectivity index (χ2n) is 4.53. The molecule has 0 aliphatic heterocycles. The summed E-state index contributed by atoms with van der Waals surface area (Å²) >= 11 is 0. The van der Waals surface area contributed by atoms with Crippen LogP contribution < -0.4 is 11.1 Å². The number of carbonyl (C=O) groups excluding carboxylic acids is 1. The molecule has 1 amide bonds. The lowest BCUT2D eigenvalue weighted by Crippen LogP contribution is -2.51. The van der Waals surface area contributed by atoms with Gasteiger partial charge in [0.25, 0.3) is 0 Å². The minimum Gasteiger partial charge on any atom is -0.368 e. The number of halogens is 2. The lowest BCUT2D eigenvalue weighted by atomic mass is 10.0. The van der Waals surface area contributed by atoms with Crippen molar-refractivity contribution in [3.8, 4) is 0 Å². The molecule has 1 aromatic rings. The van der Waals surface area contributed by atoms with Crippen LogP contribution in [0.2, 0.25) is 0 Å². The molecule has 1 atom stereocenters. The Morgan fingerprint density at radius 1 is 1.35 bits per heavy atom. The third-order valence-corrected chi connectivity index (χ3v) is 2.64. The number of benzene rings is 1. The van der Waals surface area contributed by atoms with Gasteiger partial charge < -0.3 is 5.73 Å². The first-order valence-corrected chi connectivity index (χ1v) is 5.26. The molecule has 0 aliphatic rings. The second-order valence-corrected chi connectivity index (χ2v) is 4.53. The molecule has 0 radical (unpaired) electrons. The molecule has 94 valence electrons. The Morgan fingerprint density at radius 3 is 2.41 bits per heavy atom. The maximum atomic E-state index is 13.0. The Morgan fingerprint density at radius 2 is 1.94 bits per heavy atom. The molecule has 5 heteroatoms. The van der Waals surface area contributed by atoms with E-state index in [1.165, 1.54) is 6.07 Å². The summed E-state index contributed by atoms with van der Waals surface area (Å²) in [6, 6.07) is 3.31. The second kappa shape index (κ2) is 4.79. The van der Waals surface area contributed by atoms with Gasteiger partial charge in [-0.15, -0.1) is 0 Å². The van der Waals surface area contributed by atoms with Crippen molar-refractivity contribution < 1.29 is 13.6 Å². The molecule has 3 N–H and O–H groups in total. The van der Waals surface area contributed by atoms with Crippen LogP contribution in [0, 0.1) is 11.6 Å². The lowest BCUT2D eigenvalue weighted by Gasteiger charge is -2.27. The summed E-state index contributed by atoms with van der Waals surface area (Å²) in [4.78, 5) is 11.1. The number of hydrogen-bond acceptors (Lipinski definition) is 2. The monoisotopic (exact) mass is 242 g/mol. The maximum Gasteiger partial charge on any atom is 0.237 e. The van der Waals surface area contributed by atoms with Crippen LogP contribution in [0.5, 0.6) is 0 Å². The Kier molecular flexibility index (Phi) is 3.83. The van der Waals surface area contributed by atoms with E-state index in [-0.39, 0.29) is 6.04 Å². The minimum absolute atomic E-state index is 0.312. The highest BCUT2D eigenvalue weighted by Crippen LogP contribution is 2.18. The Labute approximate surface area is 99.0 Å². The molecule has 1 unspecified atom stereocenters. The van der Waals surface area contributed by atoms with Crippen LogP contribution in [0.3, 0.4) is 0 Å². The molecule has 0 saturated carbocycles. The number of primary amides is 1. The van der Waals surface area contributed by atoms with Crippen LogP contribution in [0.25, 0.3) is 0 Å². The van der Waals surface area contributed by atoms with Crippen molar-refractivity contribution in [2.45, 2.75) is 32.4 Å². The molecule has 0 heterocycles. The van der Waals surface area contributed by atoms with Crippen molar-refractivity contribution in [2.24, 2.45) is 5.73 Å². The molecule has 1 rings (SSSR count). The summed E-state index contributed by atoms with van der Waals surface area (Å²) in [7, 11) is 0. The average molecular weight is 242 g/mol. The van der Waals surface area contributed by atoms with E-state index in [0.29, 0.717) is 5.56 Å². The predicted octanol–water partition coefficient (Wildman–Crippen LogP) is 1.88. The van der Waals surface area contributed by atoms with Gasteiger partial charge in [-0.1, -0.05) is 6.07 Å². The van der Waals surface area contributed by atoms with Gasteiger partial charge in [-0.05, 0) is 38.5 Å². The fourth-order valence-corrected chi connectivity index (χ4v) is 1.48. The van der Waals surface area contributed by atoms with Crippen molar-refractivity contribution in [3.05, 3.63) is 35.4 Å². The summed E-state index contributed by atoms with van der Waals surface area (Å²) in [6.45, 7) is 5.01. The number of carbonyl (C=O) groups is 1. The summed E-state index contributed by atoms with van der Waals surface area (Å²) in [5, 5.41) is 2.95. The quantitative estimate of drug-likeness (QED) is 0.847. The average Bonchev–Trinajstić information content (AvgIpc) is 2.21. The fraction of sp³-hybridized carbons (Fsp3) is 0.417. The zero-order valence-corrected chi connectivity index (χ0v) is 10.1. The van der Waals surface area contributed by atoms with Gasteiger partial charge in [-0.3, -0.25) is 10.1 Å². The van der Waals surface area contributed by atoms with Gasteiger partial charge in [-0.2, -0.15) is 0 Å². The number of nitrogens with one attached hydrogen (secondary N) is 1. The van der Waals surface area contributed by atoms with Crippen LogP contribution in [-0.4, -0.2) is 11.4 Å². The molecule has 0 spiro atoms. The first-order valence-electron chi connectivity index (χ1n) is 5.26. The molecule has 1 aromatic carbocycles. The molecule has 0 bridgehead atoms. The van der Waals surface area contributed by atoms with Crippen molar-refractivity contribution in [1.82, 2.24) is 5.32 Å². The fourth-order valence-electron chi connectivity index (χ4n) is 1.48. The van der Waals surface area contributed by atoms with Crippen LogP contribution in [0.4, 0.5) is 8.78 Å². The third kappa shape index (κ3) is 3.23. The van der Waals surface area contributed by atoms with E-state index < -0.39 is 23.1 Å². The normalized spacial score (nSPS) is 13.5. The number of rotatable bonds is 4. The van der Waals surface area contributed by atoms with E-state index >= 15 is 0 Å². The molecule has 0 fully saturated rings. The smallest absolute Gasteiger partial charge is 0.237 e. The largest absolute Gasteiger partial charge is 0.368 e. The van der Waals surface area contributed by atoms with Crippen molar-refractivity contribution in [2.75, 3.05) is 0 Å². The predicted molar refractivity (Wildman–Crippen MR) is 61.2 cm³/mol.